The number of ketones is 2. The molecular formula is C46H61Cl2NaO12. The van der Waals surface area contributed by atoms with Crippen molar-refractivity contribution in [2.75, 3.05) is 42.7 Å². The van der Waals surface area contributed by atoms with Crippen molar-refractivity contribution in [3.05, 3.63) is 55.6 Å². The van der Waals surface area contributed by atoms with E-state index in [2.05, 4.69) is 55.4 Å². The first kappa shape index (κ1) is 51.1. The van der Waals surface area contributed by atoms with Crippen LogP contribution in [0.5, 0.6) is 34.5 Å². The largest absolute Gasteiger partial charge is 1.00 e. The summed E-state index contributed by atoms with van der Waals surface area (Å²) in [6, 6.07) is 3.17. The van der Waals surface area contributed by atoms with E-state index >= 15 is 0 Å². The molecule has 0 fully saturated rings. The predicted octanol–water partition coefficient (Wildman–Crippen LogP) is 4.46. The number of rotatable bonds is 4. The molecule has 8 rings (SSSR count). The Labute approximate surface area is 392 Å². The first-order valence-electron chi connectivity index (χ1n) is 20.0. The standard InChI is InChI=1S/2C22H27ClO5.CH4O.CH3O.Na/c2*1-10-8-11-15(21(4,5)20(11,2)3)19(25)22(10)18(24)14-12(26-6)9-13(27-7)16(23)17(14)28-22;2*1-2;/h2*9-10,19,25H,8H2,1-7H3;2H,1H3;1H3;/q;;;-1;+1/t10-,19+,22-;10-,19-,22-;;;/m11.../s1. The van der Waals surface area contributed by atoms with E-state index in [9.17, 15) is 19.8 Å². The van der Waals surface area contributed by atoms with Gasteiger partial charge in [-0.1, -0.05) is 104 Å². The second kappa shape index (κ2) is 17.1. The summed E-state index contributed by atoms with van der Waals surface area (Å²) in [4.78, 5) is 27.4. The number of Topliss-reactive ketones (excluding diaryl/α,β-unsaturated/α-hetero) is 2. The molecule has 0 amide bonds. The van der Waals surface area contributed by atoms with Gasteiger partial charge in [-0.05, 0) is 45.6 Å². The fourth-order valence-corrected chi connectivity index (χ4v) is 11.1. The van der Waals surface area contributed by atoms with Crippen LogP contribution < -0.4 is 63.1 Å². The topological polar surface area (TPSA) is 173 Å². The molecule has 12 nitrogen and oxygen atoms in total. The third kappa shape index (κ3) is 6.46. The molecule has 4 aliphatic carbocycles. The van der Waals surface area contributed by atoms with Crippen molar-refractivity contribution >= 4 is 34.8 Å². The van der Waals surface area contributed by atoms with Crippen LogP contribution in [0.3, 0.4) is 0 Å². The Balaban J connectivity index is 0.000000245. The molecule has 61 heavy (non-hydrogen) atoms. The van der Waals surface area contributed by atoms with Gasteiger partial charge in [0.15, 0.2) is 11.5 Å². The molecule has 6 atom stereocenters. The number of allylic oxidation sites excluding steroid dienone is 2. The van der Waals surface area contributed by atoms with Gasteiger partial charge in [-0.15, -0.1) is 0 Å². The first-order valence-corrected chi connectivity index (χ1v) is 20.7. The maximum Gasteiger partial charge on any atom is 1.00 e. The third-order valence-electron chi connectivity index (χ3n) is 15.4. The summed E-state index contributed by atoms with van der Waals surface area (Å²) in [6.45, 7) is 21.1. The smallest absolute Gasteiger partial charge is 0.857 e. The molecule has 2 heterocycles. The maximum absolute atomic E-state index is 13.7. The molecule has 2 spiro atoms. The van der Waals surface area contributed by atoms with E-state index in [0.29, 0.717) is 35.8 Å². The quantitative estimate of drug-likeness (QED) is 0.291. The Hall–Kier alpha value is -2.52. The molecule has 332 valence electrons. The summed E-state index contributed by atoms with van der Waals surface area (Å²) >= 11 is 13.0. The van der Waals surface area contributed by atoms with Gasteiger partial charge in [-0.3, -0.25) is 9.59 Å². The molecular weight excluding hydrogens is 838 g/mol. The van der Waals surface area contributed by atoms with Crippen LogP contribution in [0.25, 0.3) is 0 Å². The number of aliphatic hydroxyl groups excluding tert-OH is 3. The van der Waals surface area contributed by atoms with Gasteiger partial charge in [0.05, 0.1) is 28.4 Å². The number of methoxy groups -OCH3 is 4. The van der Waals surface area contributed by atoms with Crippen molar-refractivity contribution in [2.45, 2.75) is 105 Å². The van der Waals surface area contributed by atoms with Crippen molar-refractivity contribution in [1.29, 1.82) is 0 Å². The molecule has 0 unspecified atom stereocenters. The number of carbonyl (C=O) groups excluding carboxylic acids is 2. The average Bonchev–Trinajstić information content (AvgIpc) is 3.71. The van der Waals surface area contributed by atoms with E-state index in [1.165, 1.54) is 39.6 Å². The molecule has 2 aliphatic heterocycles. The number of ether oxygens (including phenoxy) is 6. The van der Waals surface area contributed by atoms with Gasteiger partial charge in [0.25, 0.3) is 0 Å². The summed E-state index contributed by atoms with van der Waals surface area (Å²) in [5, 5.41) is 38.7. The molecule has 6 aliphatic rings. The van der Waals surface area contributed by atoms with E-state index in [-0.39, 0.29) is 107 Å². The fraction of sp³-hybridized carbons (Fsp3) is 0.609. The SMILES string of the molecule is CO.COc1cc(OC)c2c(c1Cl)O[C@@]1(C2=O)[C@H](C)CC2=C([C@@H]1O)C(C)(C)C2(C)C.COc1cc(OC)c2c(c1Cl)O[C@@]1(C2=O)[C@H](C)CC2=C([C@H]1O)C(C)(C)C2(C)C.C[O-].[Na+]. The normalized spacial score (nSPS) is 29.4. The minimum Gasteiger partial charge on any atom is -0.857 e. The number of hydrogen-bond acceptors (Lipinski definition) is 12. The minimum absolute atomic E-state index is 0. The molecule has 0 saturated heterocycles. The molecule has 0 aromatic heterocycles. The Bertz CT molecular complexity index is 2020. The predicted molar refractivity (Wildman–Crippen MR) is 227 cm³/mol. The molecule has 0 bridgehead atoms. The molecule has 3 N–H and O–H groups in total. The summed E-state index contributed by atoms with van der Waals surface area (Å²) in [7, 11) is 7.71. The van der Waals surface area contributed by atoms with E-state index in [1.807, 2.05) is 13.8 Å². The van der Waals surface area contributed by atoms with Gasteiger partial charge < -0.3 is 48.8 Å². The van der Waals surface area contributed by atoms with Crippen LogP contribution in [0.1, 0.15) is 103 Å². The number of hydrogen-bond donors (Lipinski definition) is 3. The van der Waals surface area contributed by atoms with Crippen LogP contribution >= 0.6 is 23.2 Å². The van der Waals surface area contributed by atoms with Crippen molar-refractivity contribution in [2.24, 2.45) is 33.5 Å². The Morgan fingerprint density at radius 1 is 0.590 bits per heavy atom. The number of aliphatic hydroxyl groups is 3. The van der Waals surface area contributed by atoms with Gasteiger partial charge in [0.2, 0.25) is 22.8 Å². The number of carbonyl (C=O) groups is 2. The van der Waals surface area contributed by atoms with Crippen LogP contribution in [-0.4, -0.2) is 93.0 Å². The first-order chi connectivity index (χ1) is 27.9. The van der Waals surface area contributed by atoms with Crippen LogP contribution in [-0.2, 0) is 0 Å². The Kier molecular flexibility index (Phi) is 14.3. The van der Waals surface area contributed by atoms with Crippen LogP contribution in [0, 0.1) is 33.5 Å². The van der Waals surface area contributed by atoms with Crippen LogP contribution in [0.2, 0.25) is 10.0 Å². The zero-order chi connectivity index (χ0) is 45.6. The molecule has 15 heteroatoms. The third-order valence-corrected chi connectivity index (χ3v) is 16.1. The average molecular weight is 900 g/mol. The second-order valence-electron chi connectivity index (χ2n) is 18.3. The Morgan fingerprint density at radius 2 is 0.869 bits per heavy atom. The zero-order valence-electron chi connectivity index (χ0n) is 38.7. The zero-order valence-corrected chi connectivity index (χ0v) is 42.2. The molecule has 0 radical (unpaired) electrons. The summed E-state index contributed by atoms with van der Waals surface area (Å²) in [5.41, 5.74) is 1.49. The molecule has 2 aromatic carbocycles. The van der Waals surface area contributed by atoms with Gasteiger partial charge >= 0.3 is 29.6 Å². The van der Waals surface area contributed by atoms with Gasteiger partial charge in [-0.2, -0.15) is 7.11 Å². The van der Waals surface area contributed by atoms with Crippen LogP contribution in [0.4, 0.5) is 0 Å². The van der Waals surface area contributed by atoms with Crippen molar-refractivity contribution in [1.82, 2.24) is 0 Å². The van der Waals surface area contributed by atoms with Crippen LogP contribution in [0.15, 0.2) is 34.4 Å². The number of benzene rings is 2. The van der Waals surface area contributed by atoms with Gasteiger partial charge in [0.1, 0.15) is 56.4 Å². The van der Waals surface area contributed by atoms with E-state index in [0.717, 1.165) is 25.4 Å². The summed E-state index contributed by atoms with van der Waals surface area (Å²) in [5.74, 6) is 0.869. The molecule has 0 saturated carbocycles. The second-order valence-corrected chi connectivity index (χ2v) is 19.1. The minimum atomic E-state index is -1.40. The van der Waals surface area contributed by atoms with Gasteiger partial charge in [-0.25, -0.2) is 0 Å². The maximum atomic E-state index is 13.7. The molecule has 2 aromatic rings. The van der Waals surface area contributed by atoms with Crippen molar-refractivity contribution in [3.8, 4) is 34.5 Å². The summed E-state index contributed by atoms with van der Waals surface area (Å²) in [6.07, 6.45) is -0.693. The monoisotopic (exact) mass is 898 g/mol. The van der Waals surface area contributed by atoms with E-state index < -0.39 is 23.4 Å². The number of fused-ring (bicyclic) bond motifs is 2. The fourth-order valence-electron chi connectivity index (χ4n) is 10.6. The Morgan fingerprint density at radius 3 is 1.13 bits per heavy atom. The van der Waals surface area contributed by atoms with Crippen molar-refractivity contribution < 1.29 is 88.0 Å². The summed E-state index contributed by atoms with van der Waals surface area (Å²) < 4.78 is 34.0. The van der Waals surface area contributed by atoms with Gasteiger partial charge in [0, 0.05) is 31.1 Å². The number of halogens is 2. The van der Waals surface area contributed by atoms with Crippen molar-refractivity contribution in [3.63, 3.8) is 0 Å². The van der Waals surface area contributed by atoms with E-state index in [4.69, 9.17) is 61.8 Å². The van der Waals surface area contributed by atoms with E-state index in [1.54, 1.807) is 12.1 Å².